The number of rotatable bonds is 5. The lowest BCUT2D eigenvalue weighted by Crippen LogP contribution is -2.42. The summed E-state index contributed by atoms with van der Waals surface area (Å²) in [5.74, 6) is -2.56. The number of nitrogens with zero attached hydrogens (tertiary/aromatic N) is 1. The number of esters is 1. The minimum Gasteiger partial charge on any atom is -0.452 e. The Morgan fingerprint density at radius 2 is 1.70 bits per heavy atom. The standard InChI is InChI=1S/C24H22N2O7/c1-13-6-2-5-9-18(13)25-19(27)12-33-24(30)17-11-10-16-20(21(17)26(31)32)23(29)15-8-4-3-7-14(15)22(16)28/h3-4,7-8,10-11,13,18H,2,5-6,9,12H2,1H3,(H,25,27). The fourth-order valence-electron chi connectivity index (χ4n) is 4.51. The average Bonchev–Trinajstić information content (AvgIpc) is 2.81. The Balaban J connectivity index is 1.58. The third-order valence-electron chi connectivity index (χ3n) is 6.26. The fraction of sp³-hybridized carbons (Fsp3) is 0.333. The first-order chi connectivity index (χ1) is 15.8. The van der Waals surface area contributed by atoms with Crippen LogP contribution in [0.1, 0.15) is 74.8 Å². The molecule has 9 heteroatoms. The monoisotopic (exact) mass is 450 g/mol. The Morgan fingerprint density at radius 3 is 2.36 bits per heavy atom. The summed E-state index contributed by atoms with van der Waals surface area (Å²) in [6.07, 6.45) is 3.96. The Kier molecular flexibility index (Phi) is 6.04. The van der Waals surface area contributed by atoms with Crippen LogP contribution in [0.15, 0.2) is 36.4 Å². The van der Waals surface area contributed by atoms with Gasteiger partial charge in [-0.25, -0.2) is 4.79 Å². The fourth-order valence-corrected chi connectivity index (χ4v) is 4.51. The van der Waals surface area contributed by atoms with E-state index in [1.165, 1.54) is 18.2 Å². The largest absolute Gasteiger partial charge is 0.452 e. The minimum atomic E-state index is -1.12. The Hall–Kier alpha value is -3.88. The van der Waals surface area contributed by atoms with E-state index in [2.05, 4.69) is 5.32 Å². The maximum atomic E-state index is 13.0. The molecule has 0 heterocycles. The van der Waals surface area contributed by atoms with E-state index in [9.17, 15) is 29.3 Å². The zero-order valence-corrected chi connectivity index (χ0v) is 18.0. The summed E-state index contributed by atoms with van der Waals surface area (Å²) in [4.78, 5) is 61.7. The van der Waals surface area contributed by atoms with Gasteiger partial charge in [0.2, 0.25) is 5.78 Å². The number of nitro benzene ring substituents is 1. The van der Waals surface area contributed by atoms with Crippen LogP contribution in [0.2, 0.25) is 0 Å². The van der Waals surface area contributed by atoms with Gasteiger partial charge in [-0.15, -0.1) is 0 Å². The van der Waals surface area contributed by atoms with Crippen molar-refractivity contribution in [1.82, 2.24) is 5.32 Å². The molecule has 170 valence electrons. The van der Waals surface area contributed by atoms with Gasteiger partial charge in [-0.2, -0.15) is 0 Å². The quantitative estimate of drug-likeness (QED) is 0.358. The number of carbonyl (C=O) groups excluding carboxylic acids is 4. The Bertz CT molecular complexity index is 1190. The number of nitrogens with one attached hydrogen (secondary N) is 1. The zero-order chi connectivity index (χ0) is 23.7. The van der Waals surface area contributed by atoms with Crippen LogP contribution in [0, 0.1) is 16.0 Å². The summed E-state index contributed by atoms with van der Waals surface area (Å²) in [5, 5.41) is 14.7. The molecular formula is C24H22N2O7. The SMILES string of the molecule is CC1CCCCC1NC(=O)COC(=O)c1ccc2c(c1[N+](=O)[O-])C(=O)c1ccccc1C2=O. The van der Waals surface area contributed by atoms with E-state index in [4.69, 9.17) is 4.74 Å². The third kappa shape index (κ3) is 4.13. The molecule has 1 fully saturated rings. The number of amides is 1. The Morgan fingerprint density at radius 1 is 1.03 bits per heavy atom. The van der Waals surface area contributed by atoms with E-state index in [0.717, 1.165) is 31.7 Å². The van der Waals surface area contributed by atoms with E-state index in [1.807, 2.05) is 6.92 Å². The molecule has 2 aliphatic rings. The summed E-state index contributed by atoms with van der Waals surface area (Å²) in [7, 11) is 0. The molecule has 1 saturated carbocycles. The summed E-state index contributed by atoms with van der Waals surface area (Å²) in [5.41, 5.74) is -1.70. The van der Waals surface area contributed by atoms with Gasteiger partial charge < -0.3 is 10.1 Å². The second kappa shape index (κ2) is 8.93. The maximum absolute atomic E-state index is 13.0. The van der Waals surface area contributed by atoms with Crippen molar-refractivity contribution in [1.29, 1.82) is 0 Å². The molecule has 2 unspecified atom stereocenters. The molecular weight excluding hydrogens is 428 g/mol. The average molecular weight is 450 g/mol. The van der Waals surface area contributed by atoms with Crippen molar-refractivity contribution < 1.29 is 28.8 Å². The molecule has 2 atom stereocenters. The molecule has 0 spiro atoms. The van der Waals surface area contributed by atoms with Gasteiger partial charge in [0.1, 0.15) is 11.1 Å². The summed E-state index contributed by atoms with van der Waals surface area (Å²) < 4.78 is 5.03. The van der Waals surface area contributed by atoms with E-state index in [-0.39, 0.29) is 22.7 Å². The molecule has 0 aliphatic heterocycles. The second-order valence-corrected chi connectivity index (χ2v) is 8.36. The van der Waals surface area contributed by atoms with E-state index < -0.39 is 51.8 Å². The number of nitro groups is 1. The van der Waals surface area contributed by atoms with Gasteiger partial charge in [-0.1, -0.05) is 44.0 Å². The highest BCUT2D eigenvalue weighted by Crippen LogP contribution is 2.35. The summed E-state index contributed by atoms with van der Waals surface area (Å²) in [6, 6.07) is 8.30. The number of ether oxygens (including phenoxy) is 1. The lowest BCUT2D eigenvalue weighted by atomic mass is 9.82. The highest BCUT2D eigenvalue weighted by atomic mass is 16.6. The van der Waals surface area contributed by atoms with Gasteiger partial charge in [0, 0.05) is 22.7 Å². The Labute approximate surface area is 189 Å². The number of fused-ring (bicyclic) bond motifs is 2. The molecule has 0 aromatic heterocycles. The predicted molar refractivity (Wildman–Crippen MR) is 116 cm³/mol. The third-order valence-corrected chi connectivity index (χ3v) is 6.26. The number of hydrogen-bond donors (Lipinski definition) is 1. The predicted octanol–water partition coefficient (Wildman–Crippen LogP) is 3.22. The van der Waals surface area contributed by atoms with Crippen LogP contribution < -0.4 is 5.32 Å². The van der Waals surface area contributed by atoms with Gasteiger partial charge in [0.25, 0.3) is 11.6 Å². The maximum Gasteiger partial charge on any atom is 0.345 e. The van der Waals surface area contributed by atoms with Crippen LogP contribution in [0.3, 0.4) is 0 Å². The molecule has 0 bridgehead atoms. The van der Waals surface area contributed by atoms with Crippen LogP contribution in [-0.4, -0.2) is 41.0 Å². The minimum absolute atomic E-state index is 0.00765. The van der Waals surface area contributed by atoms with Crippen LogP contribution in [0.5, 0.6) is 0 Å². The molecule has 1 amide bonds. The van der Waals surface area contributed by atoms with Crippen molar-refractivity contribution in [2.45, 2.75) is 38.6 Å². The topological polar surface area (TPSA) is 133 Å². The molecule has 4 rings (SSSR count). The van der Waals surface area contributed by atoms with E-state index >= 15 is 0 Å². The normalized spacial score (nSPS) is 19.3. The summed E-state index contributed by atoms with van der Waals surface area (Å²) >= 11 is 0. The van der Waals surface area contributed by atoms with Crippen LogP contribution >= 0.6 is 0 Å². The van der Waals surface area contributed by atoms with Crippen molar-refractivity contribution in [2.75, 3.05) is 6.61 Å². The molecule has 0 saturated heterocycles. The van der Waals surface area contributed by atoms with Crippen LogP contribution in [0.25, 0.3) is 0 Å². The molecule has 33 heavy (non-hydrogen) atoms. The van der Waals surface area contributed by atoms with E-state index in [1.54, 1.807) is 12.1 Å². The smallest absolute Gasteiger partial charge is 0.345 e. The first-order valence-electron chi connectivity index (χ1n) is 10.8. The number of hydrogen-bond acceptors (Lipinski definition) is 7. The van der Waals surface area contributed by atoms with Crippen molar-refractivity contribution in [2.24, 2.45) is 5.92 Å². The number of ketones is 2. The second-order valence-electron chi connectivity index (χ2n) is 8.36. The molecule has 1 N–H and O–H groups in total. The first kappa shape index (κ1) is 22.3. The summed E-state index contributed by atoms with van der Waals surface area (Å²) in [6.45, 7) is 1.44. The molecule has 0 radical (unpaired) electrons. The van der Waals surface area contributed by atoms with Gasteiger partial charge in [-0.05, 0) is 30.9 Å². The van der Waals surface area contributed by atoms with E-state index in [0.29, 0.717) is 5.92 Å². The van der Waals surface area contributed by atoms with Gasteiger partial charge in [0.15, 0.2) is 12.4 Å². The number of carbonyl (C=O) groups is 4. The van der Waals surface area contributed by atoms with Gasteiger partial charge in [0.05, 0.1) is 4.92 Å². The lowest BCUT2D eigenvalue weighted by molar-refractivity contribution is -0.385. The van der Waals surface area contributed by atoms with Crippen molar-refractivity contribution >= 4 is 29.1 Å². The van der Waals surface area contributed by atoms with Crippen LogP contribution in [-0.2, 0) is 9.53 Å². The molecule has 9 nitrogen and oxygen atoms in total. The first-order valence-corrected chi connectivity index (χ1v) is 10.8. The molecule has 2 aromatic carbocycles. The van der Waals surface area contributed by atoms with Gasteiger partial charge in [-0.3, -0.25) is 24.5 Å². The van der Waals surface area contributed by atoms with Crippen molar-refractivity contribution in [3.63, 3.8) is 0 Å². The van der Waals surface area contributed by atoms with Gasteiger partial charge >= 0.3 is 5.97 Å². The van der Waals surface area contributed by atoms with Crippen LogP contribution in [0.4, 0.5) is 5.69 Å². The lowest BCUT2D eigenvalue weighted by Gasteiger charge is -2.29. The molecule has 2 aliphatic carbocycles. The number of benzene rings is 2. The highest BCUT2D eigenvalue weighted by molar-refractivity contribution is 6.30. The molecule has 2 aromatic rings. The zero-order valence-electron chi connectivity index (χ0n) is 18.0. The van der Waals surface area contributed by atoms with Crippen molar-refractivity contribution in [3.8, 4) is 0 Å². The highest BCUT2D eigenvalue weighted by Gasteiger charge is 2.39. The van der Waals surface area contributed by atoms with Crippen molar-refractivity contribution in [3.05, 3.63) is 74.3 Å².